The van der Waals surface area contributed by atoms with Gasteiger partial charge in [-0.25, -0.2) is 4.98 Å². The highest BCUT2D eigenvalue weighted by Gasteiger charge is 2.12. The smallest absolute Gasteiger partial charge is 0.146 e. The first-order valence-electron chi connectivity index (χ1n) is 7.22. The largest absolute Gasteiger partial charge is 0.456 e. The van der Waals surface area contributed by atoms with Gasteiger partial charge in [0, 0.05) is 28.6 Å². The third kappa shape index (κ3) is 4.35. The average molecular weight is 378 g/mol. The van der Waals surface area contributed by atoms with E-state index in [0.717, 1.165) is 10.6 Å². The number of aromatic nitrogens is 1. The van der Waals surface area contributed by atoms with Crippen LogP contribution in [-0.2, 0) is 17.6 Å². The van der Waals surface area contributed by atoms with Crippen molar-refractivity contribution in [3.8, 4) is 11.5 Å². The Balaban J connectivity index is 1.76. The van der Waals surface area contributed by atoms with Crippen molar-refractivity contribution in [2.24, 2.45) is 0 Å². The monoisotopic (exact) mass is 377 g/mol. The number of Topliss-reactive ketones (excluding diaryl/α,β-unsaturated/α-hetero) is 1. The number of carbonyl (C=O) groups is 1. The van der Waals surface area contributed by atoms with Crippen molar-refractivity contribution in [3.63, 3.8) is 0 Å². The highest BCUT2D eigenvalue weighted by molar-refractivity contribution is 7.09. The Kier molecular flexibility index (Phi) is 5.51. The van der Waals surface area contributed by atoms with Crippen LogP contribution < -0.4 is 4.74 Å². The van der Waals surface area contributed by atoms with Gasteiger partial charge >= 0.3 is 0 Å². The number of nitrogens with zero attached hydrogens (tertiary/aromatic N) is 1. The number of hydrogen-bond acceptors (Lipinski definition) is 4. The summed E-state index contributed by atoms with van der Waals surface area (Å²) in [6.07, 6.45) is 2.31. The minimum absolute atomic E-state index is 0.0863. The van der Waals surface area contributed by atoms with Gasteiger partial charge in [-0.05, 0) is 24.3 Å². The minimum Gasteiger partial charge on any atom is -0.456 e. The normalized spacial score (nSPS) is 10.6. The molecule has 0 aliphatic carbocycles. The van der Waals surface area contributed by atoms with E-state index in [-0.39, 0.29) is 12.2 Å². The first-order valence-corrected chi connectivity index (χ1v) is 8.86. The van der Waals surface area contributed by atoms with Crippen LogP contribution in [0.25, 0.3) is 0 Å². The third-order valence-corrected chi connectivity index (χ3v) is 4.62. The van der Waals surface area contributed by atoms with Crippen LogP contribution in [0, 0.1) is 0 Å². The molecule has 1 heterocycles. The molecule has 2 aromatic carbocycles. The molecule has 0 spiro atoms. The van der Waals surface area contributed by atoms with Gasteiger partial charge in [0.15, 0.2) is 0 Å². The molecule has 0 amide bonds. The molecule has 3 rings (SSSR count). The summed E-state index contributed by atoms with van der Waals surface area (Å²) >= 11 is 13.5. The van der Waals surface area contributed by atoms with E-state index in [1.165, 1.54) is 11.3 Å². The van der Waals surface area contributed by atoms with Crippen LogP contribution in [-0.4, -0.2) is 10.8 Å². The summed E-state index contributed by atoms with van der Waals surface area (Å²) < 4.78 is 5.88. The number of hydrogen-bond donors (Lipinski definition) is 0. The number of para-hydroxylation sites is 1. The zero-order valence-electron chi connectivity index (χ0n) is 12.5. The standard InChI is InChI=1S/C18H13Cl2NO2S/c19-13-5-6-17(15(20)10-13)23-16-4-2-1-3-12(16)9-14(22)11-18-21-7-8-24-18/h1-8,10H,9,11H2. The molecule has 0 saturated heterocycles. The maximum Gasteiger partial charge on any atom is 0.146 e. The van der Waals surface area contributed by atoms with E-state index < -0.39 is 0 Å². The highest BCUT2D eigenvalue weighted by atomic mass is 35.5. The number of carbonyl (C=O) groups excluding carboxylic acids is 1. The first kappa shape index (κ1) is 17.0. The minimum atomic E-state index is 0.0863. The second-order valence-electron chi connectivity index (χ2n) is 5.10. The summed E-state index contributed by atoms with van der Waals surface area (Å²) in [6, 6.07) is 12.5. The van der Waals surface area contributed by atoms with Crippen LogP contribution in [0.5, 0.6) is 11.5 Å². The van der Waals surface area contributed by atoms with Gasteiger partial charge in [0.1, 0.15) is 17.3 Å². The Hall–Kier alpha value is -1.88. The lowest BCUT2D eigenvalue weighted by atomic mass is 10.1. The van der Waals surface area contributed by atoms with Gasteiger partial charge in [-0.3, -0.25) is 4.79 Å². The fourth-order valence-electron chi connectivity index (χ4n) is 2.21. The van der Waals surface area contributed by atoms with Gasteiger partial charge in [0.2, 0.25) is 0 Å². The van der Waals surface area contributed by atoms with E-state index in [9.17, 15) is 4.79 Å². The van der Waals surface area contributed by atoms with Crippen LogP contribution in [0.2, 0.25) is 10.0 Å². The molecular weight excluding hydrogens is 365 g/mol. The van der Waals surface area contributed by atoms with Crippen molar-refractivity contribution in [2.45, 2.75) is 12.8 Å². The predicted molar refractivity (Wildman–Crippen MR) is 97.5 cm³/mol. The Bertz CT molecular complexity index is 850. The van der Waals surface area contributed by atoms with Crippen LogP contribution in [0.1, 0.15) is 10.6 Å². The second kappa shape index (κ2) is 7.79. The molecule has 6 heteroatoms. The summed E-state index contributed by atoms with van der Waals surface area (Å²) in [5.41, 5.74) is 0.810. The zero-order chi connectivity index (χ0) is 16.9. The Morgan fingerprint density at radius 1 is 1.08 bits per heavy atom. The summed E-state index contributed by atoms with van der Waals surface area (Å²) in [5, 5.41) is 3.65. The summed E-state index contributed by atoms with van der Waals surface area (Å²) in [5.74, 6) is 1.19. The quantitative estimate of drug-likeness (QED) is 0.561. The van der Waals surface area contributed by atoms with Gasteiger partial charge in [-0.15, -0.1) is 11.3 Å². The SMILES string of the molecule is O=C(Cc1nccs1)Cc1ccccc1Oc1ccc(Cl)cc1Cl. The fourth-order valence-corrected chi connectivity index (χ4v) is 3.30. The van der Waals surface area contributed by atoms with Crippen molar-refractivity contribution in [1.82, 2.24) is 4.98 Å². The Labute approximate surface area is 153 Å². The summed E-state index contributed by atoms with van der Waals surface area (Å²) in [6.45, 7) is 0. The number of ketones is 1. The van der Waals surface area contributed by atoms with Crippen molar-refractivity contribution < 1.29 is 9.53 Å². The molecule has 0 unspecified atom stereocenters. The number of halogens is 2. The zero-order valence-corrected chi connectivity index (χ0v) is 14.9. The van der Waals surface area contributed by atoms with E-state index in [0.29, 0.717) is 28.0 Å². The highest BCUT2D eigenvalue weighted by Crippen LogP contribution is 2.33. The molecule has 122 valence electrons. The molecule has 0 N–H and O–H groups in total. The van der Waals surface area contributed by atoms with Gasteiger partial charge in [0.05, 0.1) is 16.5 Å². The lowest BCUT2D eigenvalue weighted by molar-refractivity contribution is -0.117. The number of ether oxygens (including phenoxy) is 1. The predicted octanol–water partition coefficient (Wildman–Crippen LogP) is 5.60. The lowest BCUT2D eigenvalue weighted by Gasteiger charge is -2.12. The average Bonchev–Trinajstić information content (AvgIpc) is 3.04. The van der Waals surface area contributed by atoms with Crippen LogP contribution in [0.4, 0.5) is 0 Å². The van der Waals surface area contributed by atoms with Crippen molar-refractivity contribution >= 4 is 40.3 Å². The van der Waals surface area contributed by atoms with Crippen LogP contribution in [0.3, 0.4) is 0 Å². The van der Waals surface area contributed by atoms with E-state index in [1.54, 1.807) is 24.4 Å². The van der Waals surface area contributed by atoms with Crippen LogP contribution in [0.15, 0.2) is 54.0 Å². The van der Waals surface area contributed by atoms with E-state index in [1.807, 2.05) is 29.6 Å². The molecule has 3 nitrogen and oxygen atoms in total. The maximum absolute atomic E-state index is 12.3. The van der Waals surface area contributed by atoms with Crippen molar-refractivity contribution in [2.75, 3.05) is 0 Å². The Morgan fingerprint density at radius 3 is 2.67 bits per heavy atom. The van der Waals surface area contributed by atoms with Gasteiger partial charge < -0.3 is 4.74 Å². The maximum atomic E-state index is 12.3. The lowest BCUT2D eigenvalue weighted by Crippen LogP contribution is -2.07. The molecule has 0 saturated carbocycles. The van der Waals surface area contributed by atoms with E-state index in [4.69, 9.17) is 27.9 Å². The van der Waals surface area contributed by atoms with E-state index >= 15 is 0 Å². The second-order valence-corrected chi connectivity index (χ2v) is 6.93. The molecule has 3 aromatic rings. The van der Waals surface area contributed by atoms with Crippen molar-refractivity contribution in [1.29, 1.82) is 0 Å². The Morgan fingerprint density at radius 2 is 1.92 bits per heavy atom. The molecule has 0 atom stereocenters. The first-order chi connectivity index (χ1) is 11.6. The van der Waals surface area contributed by atoms with Gasteiger partial charge in [-0.2, -0.15) is 0 Å². The number of rotatable bonds is 6. The molecule has 0 bridgehead atoms. The third-order valence-electron chi connectivity index (χ3n) is 3.31. The van der Waals surface area contributed by atoms with E-state index in [2.05, 4.69) is 4.98 Å². The topological polar surface area (TPSA) is 39.2 Å². The van der Waals surface area contributed by atoms with Crippen molar-refractivity contribution in [3.05, 3.63) is 74.7 Å². The summed E-state index contributed by atoms with van der Waals surface area (Å²) in [4.78, 5) is 16.4. The van der Waals surface area contributed by atoms with Gasteiger partial charge in [0.25, 0.3) is 0 Å². The molecule has 0 aliphatic rings. The molecule has 0 aliphatic heterocycles. The molecule has 0 fully saturated rings. The molecular formula is C18H13Cl2NO2S. The fraction of sp³-hybridized carbons (Fsp3) is 0.111. The molecule has 24 heavy (non-hydrogen) atoms. The van der Waals surface area contributed by atoms with Gasteiger partial charge in [-0.1, -0.05) is 41.4 Å². The summed E-state index contributed by atoms with van der Waals surface area (Å²) in [7, 11) is 0. The van der Waals surface area contributed by atoms with Crippen LogP contribution >= 0.6 is 34.5 Å². The number of benzene rings is 2. The molecule has 1 aromatic heterocycles. The molecule has 0 radical (unpaired) electrons. The number of thiazole rings is 1.